The van der Waals surface area contributed by atoms with Crippen LogP contribution in [0.2, 0.25) is 0 Å². The second kappa shape index (κ2) is 4.92. The highest BCUT2D eigenvalue weighted by molar-refractivity contribution is 5.73. The molecule has 1 fully saturated rings. The first kappa shape index (κ1) is 12.2. The molecule has 1 unspecified atom stereocenters. The van der Waals surface area contributed by atoms with Crippen LogP contribution >= 0.6 is 0 Å². The zero-order chi connectivity index (χ0) is 13.1. The first-order valence-electron chi connectivity index (χ1n) is 5.79. The highest BCUT2D eigenvalue weighted by Crippen LogP contribution is 2.20. The highest BCUT2D eigenvalue weighted by atomic mass is 16.1. The van der Waals surface area contributed by atoms with Gasteiger partial charge in [0.05, 0.1) is 5.69 Å². The molecule has 1 saturated heterocycles. The average molecular weight is 245 g/mol. The number of nitrogens with two attached hydrogens (primary N) is 1. The summed E-state index contributed by atoms with van der Waals surface area (Å²) in [6.07, 6.45) is 0.882. The van der Waals surface area contributed by atoms with E-state index in [4.69, 9.17) is 11.0 Å². The zero-order valence-corrected chi connectivity index (χ0v) is 10.2. The van der Waals surface area contributed by atoms with Crippen molar-refractivity contribution in [3.8, 4) is 6.07 Å². The Morgan fingerprint density at radius 1 is 1.67 bits per heavy atom. The van der Waals surface area contributed by atoms with E-state index in [-0.39, 0.29) is 17.6 Å². The van der Waals surface area contributed by atoms with Crippen molar-refractivity contribution in [1.82, 2.24) is 10.3 Å². The summed E-state index contributed by atoms with van der Waals surface area (Å²) in [5, 5.41) is 11.8. The number of amides is 1. The molecule has 94 valence electrons. The topological polar surface area (TPSA) is 95.0 Å². The van der Waals surface area contributed by atoms with E-state index in [1.165, 1.54) is 6.92 Å². The van der Waals surface area contributed by atoms with Gasteiger partial charge in [-0.2, -0.15) is 5.26 Å². The standard InChI is InChI=1S/C12H15N5O/c1-8(18)15-9-4-5-17(7-9)12-3-2-10(14)11(6-13)16-12/h2-3,9H,4-5,7,14H2,1H3,(H,15,18). The lowest BCUT2D eigenvalue weighted by Crippen LogP contribution is -2.35. The predicted molar refractivity (Wildman–Crippen MR) is 67.8 cm³/mol. The van der Waals surface area contributed by atoms with E-state index in [9.17, 15) is 4.79 Å². The van der Waals surface area contributed by atoms with E-state index >= 15 is 0 Å². The fraction of sp³-hybridized carbons (Fsp3) is 0.417. The van der Waals surface area contributed by atoms with Crippen molar-refractivity contribution in [3.05, 3.63) is 17.8 Å². The number of carbonyl (C=O) groups excluding carboxylic acids is 1. The minimum Gasteiger partial charge on any atom is -0.396 e. The maximum Gasteiger partial charge on any atom is 0.217 e. The van der Waals surface area contributed by atoms with Gasteiger partial charge in [-0.3, -0.25) is 4.79 Å². The summed E-state index contributed by atoms with van der Waals surface area (Å²) in [6.45, 7) is 3.03. The van der Waals surface area contributed by atoms with Gasteiger partial charge >= 0.3 is 0 Å². The molecule has 1 amide bonds. The van der Waals surface area contributed by atoms with Crippen LogP contribution in [0.4, 0.5) is 11.5 Å². The molecule has 6 nitrogen and oxygen atoms in total. The smallest absolute Gasteiger partial charge is 0.217 e. The summed E-state index contributed by atoms with van der Waals surface area (Å²) < 4.78 is 0. The van der Waals surface area contributed by atoms with Gasteiger partial charge in [0.15, 0.2) is 5.69 Å². The normalized spacial score (nSPS) is 18.4. The van der Waals surface area contributed by atoms with Crippen molar-refractivity contribution in [2.75, 3.05) is 23.7 Å². The lowest BCUT2D eigenvalue weighted by molar-refractivity contribution is -0.119. The van der Waals surface area contributed by atoms with Gasteiger partial charge in [-0.1, -0.05) is 0 Å². The van der Waals surface area contributed by atoms with Gasteiger partial charge in [-0.25, -0.2) is 4.98 Å². The van der Waals surface area contributed by atoms with Crippen LogP contribution in [0.25, 0.3) is 0 Å². The molecule has 0 radical (unpaired) electrons. The average Bonchev–Trinajstić information content (AvgIpc) is 2.77. The molecule has 0 aromatic carbocycles. The maximum absolute atomic E-state index is 11.0. The van der Waals surface area contributed by atoms with Gasteiger partial charge in [0.1, 0.15) is 11.9 Å². The van der Waals surface area contributed by atoms with Gasteiger partial charge in [0.2, 0.25) is 5.91 Å². The molecule has 1 aromatic heterocycles. The molecule has 2 heterocycles. The molecule has 1 atom stereocenters. The molecule has 18 heavy (non-hydrogen) atoms. The van der Waals surface area contributed by atoms with Crippen molar-refractivity contribution in [1.29, 1.82) is 5.26 Å². The quantitative estimate of drug-likeness (QED) is 0.778. The highest BCUT2D eigenvalue weighted by Gasteiger charge is 2.24. The van der Waals surface area contributed by atoms with E-state index < -0.39 is 0 Å². The van der Waals surface area contributed by atoms with Crippen LogP contribution in [0.15, 0.2) is 12.1 Å². The lowest BCUT2D eigenvalue weighted by Gasteiger charge is -2.18. The maximum atomic E-state index is 11.0. The summed E-state index contributed by atoms with van der Waals surface area (Å²) >= 11 is 0. The minimum atomic E-state index is -0.0233. The van der Waals surface area contributed by atoms with E-state index in [1.807, 2.05) is 11.0 Å². The van der Waals surface area contributed by atoms with Crippen molar-refractivity contribution in [3.63, 3.8) is 0 Å². The van der Waals surface area contributed by atoms with Crippen molar-refractivity contribution in [2.24, 2.45) is 0 Å². The third-order valence-corrected chi connectivity index (χ3v) is 2.94. The molecule has 1 aromatic rings. The Bertz CT molecular complexity index is 508. The summed E-state index contributed by atoms with van der Waals surface area (Å²) in [6, 6.07) is 5.60. The van der Waals surface area contributed by atoms with Gasteiger partial charge in [-0.15, -0.1) is 0 Å². The Kier molecular flexibility index (Phi) is 3.33. The Labute approximate surface area is 105 Å². The second-order valence-corrected chi connectivity index (χ2v) is 4.35. The number of nitriles is 1. The van der Waals surface area contributed by atoms with Crippen molar-refractivity contribution in [2.45, 2.75) is 19.4 Å². The van der Waals surface area contributed by atoms with Crippen molar-refractivity contribution >= 4 is 17.4 Å². The van der Waals surface area contributed by atoms with Crippen LogP contribution in [0.1, 0.15) is 19.0 Å². The molecule has 6 heteroatoms. The molecule has 0 spiro atoms. The first-order valence-corrected chi connectivity index (χ1v) is 5.79. The van der Waals surface area contributed by atoms with E-state index in [2.05, 4.69) is 10.3 Å². The number of carbonyl (C=O) groups is 1. The third-order valence-electron chi connectivity index (χ3n) is 2.94. The molecule has 1 aliphatic heterocycles. The predicted octanol–water partition coefficient (Wildman–Crippen LogP) is 0.250. The van der Waals surface area contributed by atoms with Crippen LogP contribution in [-0.4, -0.2) is 30.0 Å². The molecular weight excluding hydrogens is 230 g/mol. The molecule has 1 aliphatic rings. The lowest BCUT2D eigenvalue weighted by atomic mass is 10.2. The first-order chi connectivity index (χ1) is 8.60. The van der Waals surface area contributed by atoms with Gasteiger partial charge in [-0.05, 0) is 18.6 Å². The van der Waals surface area contributed by atoms with Crippen molar-refractivity contribution < 1.29 is 4.79 Å². The molecule has 3 N–H and O–H groups in total. The van der Waals surface area contributed by atoms with Gasteiger partial charge in [0.25, 0.3) is 0 Å². The Morgan fingerprint density at radius 3 is 3.11 bits per heavy atom. The zero-order valence-electron chi connectivity index (χ0n) is 10.2. The number of anilines is 2. The summed E-state index contributed by atoms with van der Waals surface area (Å²) in [5.41, 5.74) is 6.26. The fourth-order valence-corrected chi connectivity index (χ4v) is 2.10. The largest absolute Gasteiger partial charge is 0.396 e. The van der Waals surface area contributed by atoms with Crippen LogP contribution in [0.3, 0.4) is 0 Å². The monoisotopic (exact) mass is 245 g/mol. The molecular formula is C12H15N5O. The third kappa shape index (κ3) is 2.51. The number of hydrogen-bond donors (Lipinski definition) is 2. The molecule has 0 bridgehead atoms. The van der Waals surface area contributed by atoms with Crippen LogP contribution in [0.5, 0.6) is 0 Å². The van der Waals surface area contributed by atoms with Gasteiger partial charge in [0, 0.05) is 26.1 Å². The summed E-state index contributed by atoms with van der Waals surface area (Å²) in [4.78, 5) is 17.2. The molecule has 2 rings (SSSR count). The summed E-state index contributed by atoms with van der Waals surface area (Å²) in [5.74, 6) is 0.707. The van der Waals surface area contributed by atoms with Crippen LogP contribution in [-0.2, 0) is 4.79 Å². The number of hydrogen-bond acceptors (Lipinski definition) is 5. The Balaban J connectivity index is 2.10. The number of rotatable bonds is 2. The minimum absolute atomic E-state index is 0.0233. The van der Waals surface area contributed by atoms with E-state index in [0.29, 0.717) is 12.2 Å². The number of nitrogen functional groups attached to an aromatic ring is 1. The SMILES string of the molecule is CC(=O)NC1CCN(c2ccc(N)c(C#N)n2)C1. The van der Waals surface area contributed by atoms with E-state index in [1.54, 1.807) is 12.1 Å². The molecule has 0 saturated carbocycles. The van der Waals surface area contributed by atoms with Gasteiger partial charge < -0.3 is 16.0 Å². The van der Waals surface area contributed by atoms with Crippen LogP contribution < -0.4 is 16.0 Å². The molecule has 0 aliphatic carbocycles. The number of aromatic nitrogens is 1. The number of nitrogens with one attached hydrogen (secondary N) is 1. The Morgan fingerprint density at radius 2 is 2.44 bits per heavy atom. The van der Waals surface area contributed by atoms with E-state index in [0.717, 1.165) is 18.8 Å². The second-order valence-electron chi connectivity index (χ2n) is 4.35. The number of nitrogens with zero attached hydrogens (tertiary/aromatic N) is 3. The Hall–Kier alpha value is -2.29. The summed E-state index contributed by atoms with van der Waals surface area (Å²) in [7, 11) is 0. The fourth-order valence-electron chi connectivity index (χ4n) is 2.10. The van der Waals surface area contributed by atoms with Crippen LogP contribution in [0, 0.1) is 11.3 Å². The number of pyridine rings is 1.